The summed E-state index contributed by atoms with van der Waals surface area (Å²) in [6.07, 6.45) is 3.94. The van der Waals surface area contributed by atoms with Crippen molar-refractivity contribution in [2.75, 3.05) is 14.2 Å². The monoisotopic (exact) mass is 228 g/mol. The molecule has 4 atom stereocenters. The second-order valence-corrected chi connectivity index (χ2v) is 4.91. The van der Waals surface area contributed by atoms with Gasteiger partial charge in [0.25, 0.3) is 0 Å². The van der Waals surface area contributed by atoms with Crippen molar-refractivity contribution in [3.8, 4) is 0 Å². The van der Waals surface area contributed by atoms with E-state index in [0.717, 1.165) is 0 Å². The van der Waals surface area contributed by atoms with Crippen molar-refractivity contribution >= 4 is 23.7 Å². The summed E-state index contributed by atoms with van der Waals surface area (Å²) < 4.78 is 9.44. The molecule has 2 bridgehead atoms. The Morgan fingerprint density at radius 1 is 1.00 bits per heavy atom. The van der Waals surface area contributed by atoms with E-state index in [0.29, 0.717) is 0 Å². The van der Waals surface area contributed by atoms with Crippen LogP contribution < -0.4 is 0 Å². The Balaban J connectivity index is 2.24. The van der Waals surface area contributed by atoms with Gasteiger partial charge in [0.1, 0.15) is 0 Å². The highest BCUT2D eigenvalue weighted by molar-refractivity contribution is 8.01. The first kappa shape index (κ1) is 10.5. The summed E-state index contributed by atoms with van der Waals surface area (Å²) in [7, 11) is 2.69. The minimum Gasteiger partial charge on any atom is -0.469 e. The second-order valence-electron chi connectivity index (χ2n) is 3.55. The fraction of sp³-hybridized carbons (Fsp3) is 0.600. The lowest BCUT2D eigenvalue weighted by atomic mass is 9.83. The zero-order chi connectivity index (χ0) is 11.0. The minimum atomic E-state index is -0.387. The van der Waals surface area contributed by atoms with E-state index in [1.165, 1.54) is 14.2 Å². The summed E-state index contributed by atoms with van der Waals surface area (Å²) in [6, 6.07) is 0. The smallest absolute Gasteiger partial charge is 0.311 e. The van der Waals surface area contributed by atoms with Gasteiger partial charge in [0.15, 0.2) is 0 Å². The van der Waals surface area contributed by atoms with E-state index in [1.54, 1.807) is 11.8 Å². The molecule has 15 heavy (non-hydrogen) atoms. The lowest BCUT2D eigenvalue weighted by Crippen LogP contribution is -2.37. The minimum absolute atomic E-state index is 0.0616. The molecule has 82 valence electrons. The van der Waals surface area contributed by atoms with E-state index >= 15 is 0 Å². The molecule has 0 radical (unpaired) electrons. The molecule has 1 saturated heterocycles. The van der Waals surface area contributed by atoms with E-state index in [4.69, 9.17) is 9.47 Å². The summed E-state index contributed by atoms with van der Waals surface area (Å²) in [5, 5.41) is 0.123. The molecule has 0 amide bonds. The van der Waals surface area contributed by atoms with Gasteiger partial charge in [-0.25, -0.2) is 0 Å². The Labute approximate surface area is 92.0 Å². The van der Waals surface area contributed by atoms with E-state index in [1.807, 2.05) is 12.2 Å². The van der Waals surface area contributed by atoms with Crippen molar-refractivity contribution in [2.45, 2.75) is 10.5 Å². The molecule has 0 aromatic rings. The van der Waals surface area contributed by atoms with E-state index in [-0.39, 0.29) is 34.3 Å². The average Bonchev–Trinajstić information content (AvgIpc) is 2.86. The number of thioether (sulfide) groups is 1. The summed E-state index contributed by atoms with van der Waals surface area (Å²) in [4.78, 5) is 23.1. The van der Waals surface area contributed by atoms with Crippen LogP contribution in [0.3, 0.4) is 0 Å². The predicted octanol–water partition coefficient (Wildman–Crippen LogP) is 0.619. The molecular weight excluding hydrogens is 216 g/mol. The molecule has 2 aliphatic rings. The highest BCUT2D eigenvalue weighted by atomic mass is 32.2. The van der Waals surface area contributed by atoms with Gasteiger partial charge in [-0.1, -0.05) is 12.2 Å². The van der Waals surface area contributed by atoms with Gasteiger partial charge in [0.2, 0.25) is 0 Å². The molecule has 0 unspecified atom stereocenters. The largest absolute Gasteiger partial charge is 0.469 e. The number of carbonyl (C=O) groups is 2. The van der Waals surface area contributed by atoms with Crippen molar-refractivity contribution in [3.63, 3.8) is 0 Å². The first-order valence-corrected chi connectivity index (χ1v) is 5.62. The Bertz CT molecular complexity index is 295. The molecule has 0 spiro atoms. The molecular formula is C10H12O4S. The topological polar surface area (TPSA) is 52.6 Å². The molecule has 2 aliphatic heterocycles. The van der Waals surface area contributed by atoms with Crippen LogP contribution in [0, 0.1) is 11.8 Å². The quantitative estimate of drug-likeness (QED) is 0.512. The van der Waals surface area contributed by atoms with Crippen LogP contribution in [0.5, 0.6) is 0 Å². The second kappa shape index (κ2) is 3.89. The zero-order valence-corrected chi connectivity index (χ0v) is 9.32. The molecule has 0 aromatic carbocycles. The van der Waals surface area contributed by atoms with Gasteiger partial charge in [0.05, 0.1) is 26.1 Å². The Hall–Kier alpha value is -0.970. The van der Waals surface area contributed by atoms with Gasteiger partial charge in [0, 0.05) is 10.5 Å². The fourth-order valence-corrected chi connectivity index (χ4v) is 3.77. The van der Waals surface area contributed by atoms with Gasteiger partial charge in [-0.15, -0.1) is 11.8 Å². The summed E-state index contributed by atoms with van der Waals surface area (Å²) in [5.41, 5.74) is 0. The van der Waals surface area contributed by atoms with Crippen molar-refractivity contribution in [1.29, 1.82) is 0 Å². The standard InChI is InChI=1S/C10H12O4S/c1-13-9(11)7-5-3-4-6(15-5)8(7)10(12)14-2/h3-8H,1-2H3/t5-,6+,7-,8+. The first-order chi connectivity index (χ1) is 7.19. The van der Waals surface area contributed by atoms with E-state index in [2.05, 4.69) is 0 Å². The first-order valence-electron chi connectivity index (χ1n) is 4.68. The van der Waals surface area contributed by atoms with Crippen LogP contribution in [0.2, 0.25) is 0 Å². The van der Waals surface area contributed by atoms with Gasteiger partial charge in [-0.2, -0.15) is 0 Å². The van der Waals surface area contributed by atoms with Crippen LogP contribution >= 0.6 is 11.8 Å². The summed E-state index contributed by atoms with van der Waals surface area (Å²) in [6.45, 7) is 0. The number of hydrogen-bond acceptors (Lipinski definition) is 5. The maximum absolute atomic E-state index is 11.6. The molecule has 2 rings (SSSR count). The Morgan fingerprint density at radius 2 is 1.40 bits per heavy atom. The zero-order valence-electron chi connectivity index (χ0n) is 8.51. The number of methoxy groups -OCH3 is 2. The Kier molecular flexibility index (Phi) is 2.73. The van der Waals surface area contributed by atoms with Crippen molar-refractivity contribution < 1.29 is 19.1 Å². The molecule has 5 heteroatoms. The highest BCUT2D eigenvalue weighted by Gasteiger charge is 2.53. The third-order valence-electron chi connectivity index (χ3n) is 2.85. The van der Waals surface area contributed by atoms with Gasteiger partial charge < -0.3 is 9.47 Å². The van der Waals surface area contributed by atoms with Crippen LogP contribution in [0.1, 0.15) is 0 Å². The third kappa shape index (κ3) is 1.55. The van der Waals surface area contributed by atoms with E-state index < -0.39 is 0 Å². The molecule has 0 aliphatic carbocycles. The number of hydrogen-bond donors (Lipinski definition) is 0. The number of ether oxygens (including phenoxy) is 2. The molecule has 4 nitrogen and oxygen atoms in total. The summed E-state index contributed by atoms with van der Waals surface area (Å²) in [5.74, 6) is -1.42. The van der Waals surface area contributed by atoms with Crippen LogP contribution in [0.25, 0.3) is 0 Å². The molecule has 2 heterocycles. The maximum Gasteiger partial charge on any atom is 0.311 e. The number of fused-ring (bicyclic) bond motifs is 2. The van der Waals surface area contributed by atoms with Crippen molar-refractivity contribution in [1.82, 2.24) is 0 Å². The Morgan fingerprint density at radius 3 is 1.73 bits per heavy atom. The molecule has 0 N–H and O–H groups in total. The number of esters is 2. The summed E-state index contributed by atoms with van der Waals surface area (Å²) >= 11 is 1.62. The van der Waals surface area contributed by atoms with Gasteiger partial charge >= 0.3 is 11.9 Å². The van der Waals surface area contributed by atoms with Crippen molar-refractivity contribution in [2.24, 2.45) is 11.8 Å². The van der Waals surface area contributed by atoms with E-state index in [9.17, 15) is 9.59 Å². The lowest BCUT2D eigenvalue weighted by molar-refractivity contribution is -0.156. The van der Waals surface area contributed by atoms with Crippen LogP contribution in [-0.4, -0.2) is 36.7 Å². The highest BCUT2D eigenvalue weighted by Crippen LogP contribution is 2.49. The normalized spacial score (nSPS) is 36.7. The number of carbonyl (C=O) groups excluding carboxylic acids is 2. The lowest BCUT2D eigenvalue weighted by Gasteiger charge is -2.22. The fourth-order valence-electron chi connectivity index (χ4n) is 2.14. The van der Waals surface area contributed by atoms with Crippen LogP contribution in [0.4, 0.5) is 0 Å². The van der Waals surface area contributed by atoms with Crippen LogP contribution in [0.15, 0.2) is 12.2 Å². The van der Waals surface area contributed by atoms with Gasteiger partial charge in [-0.05, 0) is 0 Å². The molecule has 1 fully saturated rings. The maximum atomic E-state index is 11.6. The van der Waals surface area contributed by atoms with Gasteiger partial charge in [-0.3, -0.25) is 9.59 Å². The average molecular weight is 228 g/mol. The molecule has 0 aromatic heterocycles. The SMILES string of the molecule is COC(=O)[C@@H]1[C@H](C(=O)OC)[C@H]2C=C[C@@H]1S2. The third-order valence-corrected chi connectivity index (χ3v) is 4.38. The van der Waals surface area contributed by atoms with Crippen LogP contribution in [-0.2, 0) is 19.1 Å². The number of rotatable bonds is 2. The molecule has 0 saturated carbocycles. The van der Waals surface area contributed by atoms with Crippen molar-refractivity contribution in [3.05, 3.63) is 12.2 Å². The predicted molar refractivity (Wildman–Crippen MR) is 55.3 cm³/mol.